The predicted octanol–water partition coefficient (Wildman–Crippen LogP) is 6.77. The summed E-state index contributed by atoms with van der Waals surface area (Å²) in [5, 5.41) is 2.00. The molecule has 1 heterocycles. The molecule has 1 fully saturated rings. The van der Waals surface area contributed by atoms with E-state index in [0.717, 1.165) is 23.6 Å². The Morgan fingerprint density at radius 1 is 0.757 bits per heavy atom. The summed E-state index contributed by atoms with van der Waals surface area (Å²) in [4.78, 5) is 30.7. The normalized spacial score (nSPS) is 13.9. The Morgan fingerprint density at radius 3 is 1.92 bits per heavy atom. The molecule has 6 heteroatoms. The number of hydrogen-bond acceptors (Lipinski definition) is 4. The van der Waals surface area contributed by atoms with Gasteiger partial charge in [-0.05, 0) is 65.8 Å². The highest BCUT2D eigenvalue weighted by Gasteiger charge is 2.41. The van der Waals surface area contributed by atoms with E-state index >= 15 is 0 Å². The molecular formula is C31H26N2O3S. The second kappa shape index (κ2) is 10.8. The van der Waals surface area contributed by atoms with Crippen molar-refractivity contribution in [2.45, 2.75) is 19.8 Å². The largest absolute Gasteiger partial charge is 0.493 e. The average molecular weight is 507 g/mol. The molecule has 1 saturated heterocycles. The third-order valence-corrected chi connectivity index (χ3v) is 6.62. The van der Waals surface area contributed by atoms with Gasteiger partial charge < -0.3 is 4.74 Å². The Morgan fingerprint density at radius 2 is 1.32 bits per heavy atom. The third-order valence-electron chi connectivity index (χ3n) is 6.25. The minimum atomic E-state index is -0.471. The number of amides is 2. The molecule has 4 aromatic rings. The molecule has 0 spiro atoms. The molecule has 37 heavy (non-hydrogen) atoms. The van der Waals surface area contributed by atoms with Gasteiger partial charge in [0.25, 0.3) is 11.8 Å². The SMILES string of the molecule is CCCCOc1ccc2ccccc2c1C=C1C(=O)N(c2ccccc2)C(=S)N(c2ccccc2)C1=O. The van der Waals surface area contributed by atoms with Crippen molar-refractivity contribution in [3.05, 3.63) is 108 Å². The van der Waals surface area contributed by atoms with Crippen LogP contribution >= 0.6 is 12.2 Å². The van der Waals surface area contributed by atoms with E-state index in [1.165, 1.54) is 9.80 Å². The van der Waals surface area contributed by atoms with Crippen LogP contribution in [0.15, 0.2) is 103 Å². The zero-order valence-electron chi connectivity index (χ0n) is 20.5. The second-order valence-electron chi connectivity index (χ2n) is 8.69. The van der Waals surface area contributed by atoms with Gasteiger partial charge in [-0.2, -0.15) is 0 Å². The van der Waals surface area contributed by atoms with Crippen LogP contribution in [0.25, 0.3) is 16.8 Å². The molecule has 0 unspecified atom stereocenters. The topological polar surface area (TPSA) is 49.9 Å². The van der Waals surface area contributed by atoms with Gasteiger partial charge in [0.2, 0.25) is 0 Å². The number of fused-ring (bicyclic) bond motifs is 1. The van der Waals surface area contributed by atoms with Crippen LogP contribution in [0, 0.1) is 0 Å². The Kier molecular flexibility index (Phi) is 7.10. The second-order valence-corrected chi connectivity index (χ2v) is 9.06. The summed E-state index contributed by atoms with van der Waals surface area (Å²) < 4.78 is 6.12. The van der Waals surface area contributed by atoms with Crippen LogP contribution in [0.5, 0.6) is 5.75 Å². The van der Waals surface area contributed by atoms with Crippen LogP contribution in [0.3, 0.4) is 0 Å². The number of benzene rings is 4. The van der Waals surface area contributed by atoms with Gasteiger partial charge in [0.1, 0.15) is 11.3 Å². The highest BCUT2D eigenvalue weighted by Crippen LogP contribution is 2.34. The Bertz CT molecular complexity index is 1440. The fourth-order valence-corrected chi connectivity index (χ4v) is 4.74. The molecule has 5 nitrogen and oxygen atoms in total. The summed E-state index contributed by atoms with van der Waals surface area (Å²) in [6, 6.07) is 30.1. The van der Waals surface area contributed by atoms with Crippen molar-refractivity contribution in [1.29, 1.82) is 0 Å². The number of carbonyl (C=O) groups excluding carboxylic acids is 2. The highest BCUT2D eigenvalue weighted by atomic mass is 32.1. The van der Waals surface area contributed by atoms with Crippen LogP contribution in [0.2, 0.25) is 0 Å². The van der Waals surface area contributed by atoms with Crippen molar-refractivity contribution in [1.82, 2.24) is 0 Å². The summed E-state index contributed by atoms with van der Waals surface area (Å²) >= 11 is 5.72. The van der Waals surface area contributed by atoms with Crippen molar-refractivity contribution >= 4 is 57.4 Å². The molecular weight excluding hydrogens is 480 g/mol. The Balaban J connectivity index is 1.70. The van der Waals surface area contributed by atoms with Crippen LogP contribution in [-0.4, -0.2) is 23.5 Å². The van der Waals surface area contributed by atoms with E-state index in [4.69, 9.17) is 17.0 Å². The summed E-state index contributed by atoms with van der Waals surface area (Å²) in [6.45, 7) is 2.65. The molecule has 1 aliphatic rings. The maximum absolute atomic E-state index is 13.9. The van der Waals surface area contributed by atoms with Crippen molar-refractivity contribution in [3.63, 3.8) is 0 Å². The van der Waals surface area contributed by atoms with Crippen LogP contribution in [0.4, 0.5) is 11.4 Å². The van der Waals surface area contributed by atoms with Crippen LogP contribution in [-0.2, 0) is 9.59 Å². The Labute approximate surface area is 221 Å². The van der Waals surface area contributed by atoms with E-state index in [1.54, 1.807) is 30.3 Å². The number of rotatable bonds is 7. The van der Waals surface area contributed by atoms with Gasteiger partial charge in [-0.25, -0.2) is 0 Å². The molecule has 0 aliphatic carbocycles. The van der Waals surface area contributed by atoms with Gasteiger partial charge in [0, 0.05) is 5.56 Å². The molecule has 2 amide bonds. The summed E-state index contributed by atoms with van der Waals surface area (Å²) in [5.74, 6) is -0.312. The van der Waals surface area contributed by atoms with Gasteiger partial charge in [0.15, 0.2) is 5.11 Å². The van der Waals surface area contributed by atoms with Gasteiger partial charge in [-0.1, -0.05) is 80.1 Å². The number of para-hydroxylation sites is 2. The molecule has 0 radical (unpaired) electrons. The summed E-state index contributed by atoms with van der Waals surface area (Å²) in [5.41, 5.74) is 1.89. The number of nitrogens with zero attached hydrogens (tertiary/aromatic N) is 2. The van der Waals surface area contributed by atoms with E-state index < -0.39 is 11.8 Å². The molecule has 1 aliphatic heterocycles. The molecule has 0 aromatic heterocycles. The molecule has 4 aromatic carbocycles. The zero-order chi connectivity index (χ0) is 25.8. The van der Waals surface area contributed by atoms with E-state index in [1.807, 2.05) is 72.8 Å². The first-order chi connectivity index (χ1) is 18.1. The zero-order valence-corrected chi connectivity index (χ0v) is 21.3. The van der Waals surface area contributed by atoms with Crippen molar-refractivity contribution in [3.8, 4) is 5.75 Å². The lowest BCUT2D eigenvalue weighted by Crippen LogP contribution is -2.56. The first-order valence-corrected chi connectivity index (χ1v) is 12.7. The maximum atomic E-state index is 13.9. The third kappa shape index (κ3) is 4.76. The lowest BCUT2D eigenvalue weighted by Gasteiger charge is -2.36. The minimum Gasteiger partial charge on any atom is -0.493 e. The highest BCUT2D eigenvalue weighted by molar-refractivity contribution is 7.81. The molecule has 0 saturated carbocycles. The lowest BCUT2D eigenvalue weighted by molar-refractivity contribution is -0.120. The average Bonchev–Trinajstić information content (AvgIpc) is 2.93. The Hall–Kier alpha value is -4.29. The fourth-order valence-electron chi connectivity index (χ4n) is 4.36. The molecule has 0 bridgehead atoms. The first-order valence-electron chi connectivity index (χ1n) is 12.3. The van der Waals surface area contributed by atoms with E-state index in [2.05, 4.69) is 6.92 Å². The number of anilines is 2. The maximum Gasteiger partial charge on any atom is 0.270 e. The number of hydrogen-bond donors (Lipinski definition) is 0. The fraction of sp³-hybridized carbons (Fsp3) is 0.129. The van der Waals surface area contributed by atoms with Crippen molar-refractivity contribution in [2.24, 2.45) is 0 Å². The van der Waals surface area contributed by atoms with E-state index in [9.17, 15) is 9.59 Å². The number of ether oxygens (including phenoxy) is 1. The monoisotopic (exact) mass is 506 g/mol. The number of carbonyl (C=O) groups is 2. The molecule has 0 N–H and O–H groups in total. The number of unbranched alkanes of at least 4 members (excludes halogenated alkanes) is 1. The quantitative estimate of drug-likeness (QED) is 0.120. The number of thiocarbonyl (C=S) groups is 1. The van der Waals surface area contributed by atoms with Gasteiger partial charge in [-0.3, -0.25) is 19.4 Å². The molecule has 5 rings (SSSR count). The van der Waals surface area contributed by atoms with Gasteiger partial charge in [0.05, 0.1) is 18.0 Å². The van der Waals surface area contributed by atoms with Crippen molar-refractivity contribution < 1.29 is 14.3 Å². The van der Waals surface area contributed by atoms with E-state index in [-0.39, 0.29) is 10.7 Å². The lowest BCUT2D eigenvalue weighted by atomic mass is 9.99. The minimum absolute atomic E-state index is 0.0120. The molecule has 0 atom stereocenters. The van der Waals surface area contributed by atoms with Gasteiger partial charge >= 0.3 is 0 Å². The standard InChI is InChI=1S/C31H26N2O3S/c1-2-3-20-36-28-19-18-22-12-10-11-17-25(22)26(28)21-27-29(34)32(23-13-6-4-7-14-23)31(37)33(30(27)35)24-15-8-5-9-16-24/h4-19,21H,2-3,20H2,1H3. The predicted molar refractivity (Wildman–Crippen MR) is 153 cm³/mol. The summed E-state index contributed by atoms with van der Waals surface area (Å²) in [7, 11) is 0. The van der Waals surface area contributed by atoms with Crippen LogP contribution < -0.4 is 14.5 Å². The van der Waals surface area contributed by atoms with E-state index in [0.29, 0.717) is 29.3 Å². The van der Waals surface area contributed by atoms with Crippen molar-refractivity contribution in [2.75, 3.05) is 16.4 Å². The summed E-state index contributed by atoms with van der Waals surface area (Å²) in [6.07, 6.45) is 3.55. The molecule has 184 valence electrons. The smallest absolute Gasteiger partial charge is 0.270 e. The van der Waals surface area contributed by atoms with Gasteiger partial charge in [-0.15, -0.1) is 0 Å². The first kappa shape index (κ1) is 24.4. The van der Waals surface area contributed by atoms with Crippen LogP contribution in [0.1, 0.15) is 25.3 Å².